The molecule has 2 aliphatic rings. The molecule has 1 atom stereocenters. The lowest BCUT2D eigenvalue weighted by Gasteiger charge is -2.26. The summed E-state index contributed by atoms with van der Waals surface area (Å²) in [6.07, 6.45) is 3.16. The number of carbonyl (C=O) groups excluding carboxylic acids is 2. The van der Waals surface area contributed by atoms with Gasteiger partial charge in [0.2, 0.25) is 11.8 Å². The third-order valence-corrected chi connectivity index (χ3v) is 4.72. The lowest BCUT2D eigenvalue weighted by atomic mass is 9.95. The first-order chi connectivity index (χ1) is 12.2. The van der Waals surface area contributed by atoms with Gasteiger partial charge >= 0.3 is 0 Å². The van der Waals surface area contributed by atoms with Crippen molar-refractivity contribution in [2.45, 2.75) is 32.6 Å². The summed E-state index contributed by atoms with van der Waals surface area (Å²) in [7, 11) is 0. The minimum Gasteiger partial charge on any atom is -0.490 e. The summed E-state index contributed by atoms with van der Waals surface area (Å²) >= 11 is 0. The maximum Gasteiger partial charge on any atom is 0.226 e. The number of para-hydroxylation sites is 1. The highest BCUT2D eigenvalue weighted by atomic mass is 16.5. The summed E-state index contributed by atoms with van der Waals surface area (Å²) < 4.78 is 11.4. The van der Waals surface area contributed by atoms with Crippen molar-refractivity contribution in [1.29, 1.82) is 0 Å². The number of nitrogens with one attached hydrogen (secondary N) is 1. The van der Waals surface area contributed by atoms with Crippen LogP contribution in [0.25, 0.3) is 0 Å². The van der Waals surface area contributed by atoms with Crippen LogP contribution >= 0.6 is 0 Å². The highest BCUT2D eigenvalue weighted by molar-refractivity contribution is 5.81. The van der Waals surface area contributed by atoms with E-state index < -0.39 is 0 Å². The van der Waals surface area contributed by atoms with E-state index in [1.807, 2.05) is 30.0 Å². The molecule has 1 saturated heterocycles. The number of carbonyl (C=O) groups is 2. The van der Waals surface area contributed by atoms with E-state index in [4.69, 9.17) is 9.47 Å². The van der Waals surface area contributed by atoms with Crippen LogP contribution in [0.3, 0.4) is 0 Å². The molecule has 25 heavy (non-hydrogen) atoms. The van der Waals surface area contributed by atoms with Crippen LogP contribution < -0.4 is 14.8 Å². The quantitative estimate of drug-likeness (QED) is 0.852. The van der Waals surface area contributed by atoms with Gasteiger partial charge in [-0.15, -0.1) is 0 Å². The first kappa shape index (κ1) is 17.6. The predicted molar refractivity (Wildman–Crippen MR) is 93.7 cm³/mol. The Morgan fingerprint density at radius 2 is 2.12 bits per heavy atom. The number of ether oxygens (including phenoxy) is 2. The number of amides is 2. The summed E-state index contributed by atoms with van der Waals surface area (Å²) in [5.41, 5.74) is 0.991. The van der Waals surface area contributed by atoms with Crippen LogP contribution in [0.5, 0.6) is 11.5 Å². The molecular formula is C19H26N2O4. The first-order valence-electron chi connectivity index (χ1n) is 9.12. The van der Waals surface area contributed by atoms with Gasteiger partial charge in [0.05, 0.1) is 12.5 Å². The molecule has 0 radical (unpaired) electrons. The van der Waals surface area contributed by atoms with E-state index in [0.29, 0.717) is 32.6 Å². The molecule has 0 bridgehead atoms. The number of nitrogens with zero attached hydrogens (tertiary/aromatic N) is 1. The van der Waals surface area contributed by atoms with E-state index in [1.54, 1.807) is 0 Å². The van der Waals surface area contributed by atoms with Gasteiger partial charge in [0.1, 0.15) is 6.61 Å². The van der Waals surface area contributed by atoms with Gasteiger partial charge in [0, 0.05) is 26.1 Å². The van der Waals surface area contributed by atoms with Crippen LogP contribution in [0.15, 0.2) is 18.2 Å². The topological polar surface area (TPSA) is 67.9 Å². The smallest absolute Gasteiger partial charge is 0.226 e. The normalized spacial score (nSPS) is 19.1. The van der Waals surface area contributed by atoms with Crippen LogP contribution in [0, 0.1) is 5.92 Å². The van der Waals surface area contributed by atoms with Gasteiger partial charge in [0.25, 0.3) is 0 Å². The van der Waals surface area contributed by atoms with E-state index in [2.05, 4.69) is 5.32 Å². The number of hydrogen-bond acceptors (Lipinski definition) is 4. The molecule has 0 spiro atoms. The molecule has 2 heterocycles. The van der Waals surface area contributed by atoms with Gasteiger partial charge in [-0.25, -0.2) is 0 Å². The summed E-state index contributed by atoms with van der Waals surface area (Å²) in [4.78, 5) is 26.3. The molecule has 2 amide bonds. The number of rotatable bonds is 6. The highest BCUT2D eigenvalue weighted by Gasteiger charge is 2.28. The monoisotopic (exact) mass is 346 g/mol. The highest BCUT2D eigenvalue weighted by Crippen LogP contribution is 2.36. The van der Waals surface area contributed by atoms with Crippen molar-refractivity contribution < 1.29 is 19.1 Å². The predicted octanol–water partition coefficient (Wildman–Crippen LogP) is 1.77. The Morgan fingerprint density at radius 1 is 1.32 bits per heavy atom. The molecule has 0 aromatic heterocycles. The molecule has 1 unspecified atom stereocenters. The fraction of sp³-hybridized carbons (Fsp3) is 0.579. The molecule has 2 aliphatic heterocycles. The average molecular weight is 346 g/mol. The van der Waals surface area contributed by atoms with Crippen molar-refractivity contribution >= 4 is 11.8 Å². The third-order valence-electron chi connectivity index (χ3n) is 4.72. The van der Waals surface area contributed by atoms with Crippen LogP contribution in [0.4, 0.5) is 0 Å². The van der Waals surface area contributed by atoms with E-state index in [1.165, 1.54) is 0 Å². The van der Waals surface area contributed by atoms with Crippen molar-refractivity contribution in [2.24, 2.45) is 5.92 Å². The molecule has 3 rings (SSSR count). The molecule has 6 heteroatoms. The SMILES string of the molecule is CCOc1cccc2c1OCC(C(=O)NCCC(=O)N1CCCC1)C2. The van der Waals surface area contributed by atoms with Crippen LogP contribution in [-0.4, -0.2) is 49.6 Å². The lowest BCUT2D eigenvalue weighted by Crippen LogP contribution is -2.39. The van der Waals surface area contributed by atoms with Gasteiger partial charge in [-0.1, -0.05) is 12.1 Å². The Morgan fingerprint density at radius 3 is 2.88 bits per heavy atom. The second-order valence-corrected chi connectivity index (χ2v) is 6.52. The zero-order chi connectivity index (χ0) is 17.6. The minimum absolute atomic E-state index is 0.0540. The van der Waals surface area contributed by atoms with Crippen molar-refractivity contribution in [3.63, 3.8) is 0 Å². The Labute approximate surface area is 148 Å². The van der Waals surface area contributed by atoms with Crippen molar-refractivity contribution in [1.82, 2.24) is 10.2 Å². The summed E-state index contributed by atoms with van der Waals surface area (Å²) in [5.74, 6) is 1.32. The second-order valence-electron chi connectivity index (χ2n) is 6.52. The maximum atomic E-state index is 12.4. The van der Waals surface area contributed by atoms with Crippen molar-refractivity contribution in [3.8, 4) is 11.5 Å². The Kier molecular flexibility index (Phi) is 5.79. The Hall–Kier alpha value is -2.24. The standard InChI is InChI=1S/C19H26N2O4/c1-2-24-16-7-5-6-14-12-15(13-25-18(14)16)19(23)20-9-8-17(22)21-10-3-4-11-21/h5-7,15H,2-4,8-13H2,1H3,(H,20,23). The van der Waals surface area contributed by atoms with E-state index >= 15 is 0 Å². The summed E-state index contributed by atoms with van der Waals surface area (Å²) in [6.45, 7) is 4.93. The Bertz CT molecular complexity index is 626. The van der Waals surface area contributed by atoms with E-state index in [9.17, 15) is 9.59 Å². The van der Waals surface area contributed by atoms with E-state index in [-0.39, 0.29) is 17.7 Å². The average Bonchev–Trinajstić information content (AvgIpc) is 3.16. The van der Waals surface area contributed by atoms with Gasteiger partial charge in [-0.05, 0) is 37.8 Å². The summed E-state index contributed by atoms with van der Waals surface area (Å²) in [5, 5.41) is 2.88. The molecule has 136 valence electrons. The lowest BCUT2D eigenvalue weighted by molar-refractivity contribution is -0.130. The number of fused-ring (bicyclic) bond motifs is 1. The van der Waals surface area contributed by atoms with Gasteiger partial charge < -0.3 is 19.7 Å². The van der Waals surface area contributed by atoms with Crippen LogP contribution in [0.2, 0.25) is 0 Å². The fourth-order valence-corrected chi connectivity index (χ4v) is 3.39. The van der Waals surface area contributed by atoms with Gasteiger partial charge in [-0.2, -0.15) is 0 Å². The van der Waals surface area contributed by atoms with Gasteiger partial charge in [0.15, 0.2) is 11.5 Å². The first-order valence-corrected chi connectivity index (χ1v) is 9.12. The third kappa shape index (κ3) is 4.24. The number of likely N-dealkylation sites (tertiary alicyclic amines) is 1. The zero-order valence-corrected chi connectivity index (χ0v) is 14.8. The number of hydrogen-bond donors (Lipinski definition) is 1. The second kappa shape index (κ2) is 8.23. The molecule has 1 fully saturated rings. The van der Waals surface area contributed by atoms with Crippen LogP contribution in [0.1, 0.15) is 31.7 Å². The maximum absolute atomic E-state index is 12.4. The minimum atomic E-state index is -0.230. The number of benzene rings is 1. The van der Waals surface area contributed by atoms with Crippen molar-refractivity contribution in [3.05, 3.63) is 23.8 Å². The molecule has 1 N–H and O–H groups in total. The molecular weight excluding hydrogens is 320 g/mol. The zero-order valence-electron chi connectivity index (χ0n) is 14.8. The molecule has 0 saturated carbocycles. The largest absolute Gasteiger partial charge is 0.490 e. The van der Waals surface area contributed by atoms with E-state index in [0.717, 1.165) is 43.0 Å². The summed E-state index contributed by atoms with van der Waals surface area (Å²) in [6, 6.07) is 5.77. The van der Waals surface area contributed by atoms with Gasteiger partial charge in [-0.3, -0.25) is 9.59 Å². The van der Waals surface area contributed by atoms with Crippen molar-refractivity contribution in [2.75, 3.05) is 32.8 Å². The fourth-order valence-electron chi connectivity index (χ4n) is 3.39. The molecule has 0 aliphatic carbocycles. The molecule has 1 aromatic rings. The van der Waals surface area contributed by atoms with Crippen LogP contribution in [-0.2, 0) is 16.0 Å². The molecule has 1 aromatic carbocycles. The molecule has 6 nitrogen and oxygen atoms in total. The Balaban J connectivity index is 1.49.